The first-order valence-corrected chi connectivity index (χ1v) is 8.59. The van der Waals surface area contributed by atoms with Crippen molar-refractivity contribution in [2.45, 2.75) is 38.4 Å². The summed E-state index contributed by atoms with van der Waals surface area (Å²) >= 11 is 2.66. The van der Waals surface area contributed by atoms with Gasteiger partial charge in [-0.1, -0.05) is 23.5 Å². The number of rotatable bonds is 6. The SMILES string of the molecule is CCOC(=O)/C=C1\SC(C)(CCCSC(C)=O)C(=O)N1C. The molecule has 0 aromatic rings. The molecule has 0 aliphatic carbocycles. The predicted octanol–water partition coefficient (Wildman–Crippen LogP) is 2.41. The fourth-order valence-corrected chi connectivity index (χ4v) is 3.88. The highest BCUT2D eigenvalue weighted by molar-refractivity contribution is 8.13. The Morgan fingerprint density at radius 3 is 2.71 bits per heavy atom. The van der Waals surface area contributed by atoms with Crippen molar-refractivity contribution in [1.82, 2.24) is 4.90 Å². The van der Waals surface area contributed by atoms with Gasteiger partial charge in [0.1, 0.15) is 0 Å². The molecule has 0 spiro atoms. The second kappa shape index (κ2) is 7.89. The molecule has 0 bridgehead atoms. The van der Waals surface area contributed by atoms with Crippen molar-refractivity contribution in [3.05, 3.63) is 11.1 Å². The molecule has 0 aromatic carbocycles. The van der Waals surface area contributed by atoms with E-state index >= 15 is 0 Å². The zero-order valence-electron chi connectivity index (χ0n) is 12.8. The predicted molar refractivity (Wildman–Crippen MR) is 85.9 cm³/mol. The first-order valence-electron chi connectivity index (χ1n) is 6.79. The third-order valence-corrected chi connectivity index (χ3v) is 5.38. The molecule has 1 aliphatic rings. The number of hydrogen-bond donors (Lipinski definition) is 0. The van der Waals surface area contributed by atoms with E-state index in [-0.39, 0.29) is 11.0 Å². The minimum atomic E-state index is -0.579. The molecule has 1 amide bonds. The fraction of sp³-hybridized carbons (Fsp3) is 0.643. The summed E-state index contributed by atoms with van der Waals surface area (Å²) in [5, 5.41) is 0.700. The van der Waals surface area contributed by atoms with Gasteiger partial charge in [-0.3, -0.25) is 9.59 Å². The van der Waals surface area contributed by atoms with Crippen molar-refractivity contribution >= 4 is 40.5 Å². The van der Waals surface area contributed by atoms with Crippen LogP contribution in [-0.2, 0) is 19.1 Å². The van der Waals surface area contributed by atoms with Gasteiger partial charge in [0.25, 0.3) is 0 Å². The highest BCUT2D eigenvalue weighted by Gasteiger charge is 2.44. The van der Waals surface area contributed by atoms with E-state index < -0.39 is 10.7 Å². The van der Waals surface area contributed by atoms with Gasteiger partial charge < -0.3 is 9.64 Å². The van der Waals surface area contributed by atoms with Crippen LogP contribution in [0.5, 0.6) is 0 Å². The molecule has 1 saturated heterocycles. The molecule has 21 heavy (non-hydrogen) atoms. The third-order valence-electron chi connectivity index (χ3n) is 3.05. The number of hydrogen-bond acceptors (Lipinski definition) is 6. The topological polar surface area (TPSA) is 63.7 Å². The second-order valence-electron chi connectivity index (χ2n) is 4.88. The van der Waals surface area contributed by atoms with Crippen molar-refractivity contribution in [1.29, 1.82) is 0 Å². The summed E-state index contributed by atoms with van der Waals surface area (Å²) in [6, 6.07) is 0. The average Bonchev–Trinajstić information content (AvgIpc) is 2.60. The lowest BCUT2D eigenvalue weighted by Gasteiger charge is -2.19. The average molecular weight is 331 g/mol. The largest absolute Gasteiger partial charge is 0.463 e. The molecule has 1 rings (SSSR count). The Bertz CT molecular complexity index is 464. The Labute approximate surface area is 133 Å². The van der Waals surface area contributed by atoms with Crippen molar-refractivity contribution in [3.8, 4) is 0 Å². The van der Waals surface area contributed by atoms with Crippen LogP contribution in [0, 0.1) is 0 Å². The number of nitrogens with zero attached hydrogens (tertiary/aromatic N) is 1. The Morgan fingerprint density at radius 2 is 2.14 bits per heavy atom. The number of esters is 1. The summed E-state index contributed by atoms with van der Waals surface area (Å²) < 4.78 is 4.29. The van der Waals surface area contributed by atoms with E-state index in [0.717, 1.165) is 6.42 Å². The zero-order valence-corrected chi connectivity index (χ0v) is 14.4. The molecule has 5 nitrogen and oxygen atoms in total. The van der Waals surface area contributed by atoms with Crippen LogP contribution in [0.1, 0.15) is 33.6 Å². The molecule has 0 radical (unpaired) electrons. The van der Waals surface area contributed by atoms with Crippen molar-refractivity contribution < 1.29 is 19.1 Å². The van der Waals surface area contributed by atoms with Gasteiger partial charge in [0.15, 0.2) is 5.12 Å². The van der Waals surface area contributed by atoms with Gasteiger partial charge in [0, 0.05) is 19.7 Å². The maximum Gasteiger partial charge on any atom is 0.333 e. The Balaban J connectivity index is 2.66. The van der Waals surface area contributed by atoms with E-state index in [9.17, 15) is 14.4 Å². The van der Waals surface area contributed by atoms with E-state index in [4.69, 9.17) is 4.74 Å². The Morgan fingerprint density at radius 1 is 1.48 bits per heavy atom. The number of carbonyl (C=O) groups is 3. The van der Waals surface area contributed by atoms with Crippen LogP contribution in [-0.4, -0.2) is 46.0 Å². The Hall–Kier alpha value is -0.950. The number of ether oxygens (including phenoxy) is 1. The van der Waals surface area contributed by atoms with E-state index in [1.54, 1.807) is 14.0 Å². The molecule has 0 saturated carbocycles. The van der Waals surface area contributed by atoms with Gasteiger partial charge in [-0.25, -0.2) is 4.79 Å². The molecule has 7 heteroatoms. The van der Waals surface area contributed by atoms with E-state index in [2.05, 4.69) is 0 Å². The smallest absolute Gasteiger partial charge is 0.333 e. The number of carbonyl (C=O) groups excluding carboxylic acids is 3. The van der Waals surface area contributed by atoms with Crippen LogP contribution in [0.3, 0.4) is 0 Å². The minimum Gasteiger partial charge on any atom is -0.463 e. The van der Waals surface area contributed by atoms with E-state index in [1.165, 1.54) is 41.4 Å². The van der Waals surface area contributed by atoms with Crippen molar-refractivity contribution in [2.75, 3.05) is 19.4 Å². The zero-order chi connectivity index (χ0) is 16.0. The van der Waals surface area contributed by atoms with Crippen molar-refractivity contribution in [3.63, 3.8) is 0 Å². The van der Waals surface area contributed by atoms with Gasteiger partial charge in [0.05, 0.1) is 22.5 Å². The monoisotopic (exact) mass is 331 g/mol. The van der Waals surface area contributed by atoms with Crippen LogP contribution in [0.25, 0.3) is 0 Å². The summed E-state index contributed by atoms with van der Waals surface area (Å²) in [7, 11) is 1.66. The van der Waals surface area contributed by atoms with E-state index in [0.29, 0.717) is 23.8 Å². The Kier molecular flexibility index (Phi) is 6.80. The molecular weight excluding hydrogens is 310 g/mol. The number of thioether (sulfide) groups is 2. The van der Waals surface area contributed by atoms with Crippen molar-refractivity contribution in [2.24, 2.45) is 0 Å². The summed E-state index contributed by atoms with van der Waals surface area (Å²) in [5.41, 5.74) is 0. The molecular formula is C14H21NO4S2. The maximum atomic E-state index is 12.3. The lowest BCUT2D eigenvalue weighted by atomic mass is 10.0. The van der Waals surface area contributed by atoms with Crippen LogP contribution >= 0.6 is 23.5 Å². The normalized spacial score (nSPS) is 23.7. The van der Waals surface area contributed by atoms with Crippen LogP contribution in [0.4, 0.5) is 0 Å². The second-order valence-corrected chi connectivity index (χ2v) is 7.67. The third kappa shape index (κ3) is 5.07. The van der Waals surface area contributed by atoms with Gasteiger partial charge in [-0.15, -0.1) is 0 Å². The maximum absolute atomic E-state index is 12.3. The van der Waals surface area contributed by atoms with Gasteiger partial charge in [-0.05, 0) is 26.7 Å². The van der Waals surface area contributed by atoms with Gasteiger partial charge in [-0.2, -0.15) is 0 Å². The lowest BCUT2D eigenvalue weighted by molar-refractivity contribution is -0.137. The van der Waals surface area contributed by atoms with Crippen LogP contribution in [0.15, 0.2) is 11.1 Å². The lowest BCUT2D eigenvalue weighted by Crippen LogP contribution is -2.34. The summed E-state index contributed by atoms with van der Waals surface area (Å²) in [5.74, 6) is 0.256. The standard InChI is InChI=1S/C14H21NO4S2/c1-5-19-12(17)9-11-15(4)13(18)14(3,21-11)7-6-8-20-10(2)16/h9H,5-8H2,1-4H3/b11-9-. The summed E-state index contributed by atoms with van der Waals surface area (Å²) in [6.07, 6.45) is 2.81. The highest BCUT2D eigenvalue weighted by atomic mass is 32.2. The summed E-state index contributed by atoms with van der Waals surface area (Å²) in [4.78, 5) is 36.2. The molecule has 118 valence electrons. The fourth-order valence-electron chi connectivity index (χ4n) is 1.99. The minimum absolute atomic E-state index is 0.0177. The molecule has 1 heterocycles. The first kappa shape index (κ1) is 18.1. The molecule has 1 fully saturated rings. The van der Waals surface area contributed by atoms with Gasteiger partial charge in [0.2, 0.25) is 5.91 Å². The summed E-state index contributed by atoms with van der Waals surface area (Å²) in [6.45, 7) is 5.46. The van der Waals surface area contributed by atoms with E-state index in [1.807, 2.05) is 6.92 Å². The molecule has 0 N–H and O–H groups in total. The van der Waals surface area contributed by atoms with Crippen LogP contribution < -0.4 is 0 Å². The van der Waals surface area contributed by atoms with Crippen LogP contribution in [0.2, 0.25) is 0 Å². The highest BCUT2D eigenvalue weighted by Crippen LogP contribution is 2.45. The molecule has 1 atom stereocenters. The molecule has 1 unspecified atom stereocenters. The quantitative estimate of drug-likeness (QED) is 0.423. The molecule has 0 aromatic heterocycles. The van der Waals surface area contributed by atoms with Gasteiger partial charge >= 0.3 is 5.97 Å². The number of amides is 1. The first-order chi connectivity index (χ1) is 9.80. The molecule has 1 aliphatic heterocycles.